The lowest BCUT2D eigenvalue weighted by Gasteiger charge is -2.25. The number of hydrogen-bond acceptors (Lipinski definition) is 2. The zero-order valence-corrected chi connectivity index (χ0v) is 14.2. The molecule has 124 valence electrons. The number of rotatable bonds is 3. The van der Waals surface area contributed by atoms with Crippen molar-refractivity contribution in [2.24, 2.45) is 5.92 Å². The van der Waals surface area contributed by atoms with Crippen LogP contribution in [-0.2, 0) is 17.6 Å². The molecule has 0 spiro atoms. The van der Waals surface area contributed by atoms with Gasteiger partial charge in [0.15, 0.2) is 0 Å². The molecule has 1 aliphatic carbocycles. The second kappa shape index (κ2) is 6.14. The van der Waals surface area contributed by atoms with Crippen molar-refractivity contribution < 1.29 is 9.90 Å². The van der Waals surface area contributed by atoms with Gasteiger partial charge < -0.3 is 10.0 Å². The van der Waals surface area contributed by atoms with Gasteiger partial charge in [-0.05, 0) is 54.5 Å². The Morgan fingerprint density at radius 3 is 2.83 bits per heavy atom. The molecular formula is C20H20ClNO2. The highest BCUT2D eigenvalue weighted by molar-refractivity contribution is 6.31. The predicted molar refractivity (Wildman–Crippen MR) is 94.1 cm³/mol. The minimum absolute atomic E-state index is 0.0141. The predicted octanol–water partition coefficient (Wildman–Crippen LogP) is 4.12. The van der Waals surface area contributed by atoms with E-state index in [4.69, 9.17) is 11.6 Å². The van der Waals surface area contributed by atoms with E-state index in [2.05, 4.69) is 29.2 Å². The maximum absolute atomic E-state index is 12.9. The number of phenolic OH excluding ortho intramolecular Hbond substituents is 1. The molecule has 2 atom stereocenters. The third kappa shape index (κ3) is 2.67. The number of fused-ring (bicyclic) bond motifs is 1. The minimum Gasteiger partial charge on any atom is -0.508 e. The molecule has 2 aromatic carbocycles. The molecule has 2 aromatic rings. The van der Waals surface area contributed by atoms with Gasteiger partial charge in [-0.3, -0.25) is 4.79 Å². The monoisotopic (exact) mass is 341 g/mol. The summed E-state index contributed by atoms with van der Waals surface area (Å²) >= 11 is 6.20. The Hall–Kier alpha value is -2.00. The smallest absolute Gasteiger partial charge is 0.226 e. The molecule has 1 aliphatic heterocycles. The summed E-state index contributed by atoms with van der Waals surface area (Å²) in [7, 11) is 0. The molecule has 0 bridgehead atoms. The van der Waals surface area contributed by atoms with Gasteiger partial charge in [-0.1, -0.05) is 41.9 Å². The number of aryl methyl sites for hydroxylation is 1. The molecule has 0 aromatic heterocycles. The number of nitrogens with zero attached hydrogens (tertiary/aromatic N) is 1. The Kier molecular flexibility index (Phi) is 3.97. The number of hydrogen-bond donors (Lipinski definition) is 1. The molecule has 0 saturated carbocycles. The van der Waals surface area contributed by atoms with Crippen LogP contribution in [0.3, 0.4) is 0 Å². The zero-order valence-electron chi connectivity index (χ0n) is 13.4. The molecule has 4 heteroatoms. The summed E-state index contributed by atoms with van der Waals surface area (Å²) in [5.74, 6) is 0.381. The minimum atomic E-state index is -0.0141. The summed E-state index contributed by atoms with van der Waals surface area (Å²) in [6, 6.07) is 13.7. The first-order valence-corrected chi connectivity index (χ1v) is 8.87. The molecular weight excluding hydrogens is 322 g/mol. The van der Waals surface area contributed by atoms with Crippen LogP contribution in [0.5, 0.6) is 5.75 Å². The molecule has 1 heterocycles. The third-order valence-corrected chi connectivity index (χ3v) is 5.68. The van der Waals surface area contributed by atoms with Gasteiger partial charge in [0.2, 0.25) is 5.91 Å². The topological polar surface area (TPSA) is 40.5 Å². The van der Waals surface area contributed by atoms with E-state index in [1.54, 1.807) is 12.1 Å². The van der Waals surface area contributed by atoms with Crippen molar-refractivity contribution in [3.8, 4) is 5.75 Å². The molecule has 1 amide bonds. The average molecular weight is 342 g/mol. The number of aromatic hydroxyl groups is 1. The van der Waals surface area contributed by atoms with Crippen molar-refractivity contribution in [3.63, 3.8) is 0 Å². The Morgan fingerprint density at radius 1 is 1.17 bits per heavy atom. The van der Waals surface area contributed by atoms with Crippen LogP contribution < -0.4 is 0 Å². The van der Waals surface area contributed by atoms with E-state index < -0.39 is 0 Å². The van der Waals surface area contributed by atoms with Gasteiger partial charge in [-0.15, -0.1) is 0 Å². The van der Waals surface area contributed by atoms with Crippen molar-refractivity contribution in [2.75, 3.05) is 6.54 Å². The van der Waals surface area contributed by atoms with Crippen molar-refractivity contribution in [1.82, 2.24) is 4.90 Å². The van der Waals surface area contributed by atoms with E-state index in [0.717, 1.165) is 31.4 Å². The van der Waals surface area contributed by atoms with Crippen LogP contribution in [-0.4, -0.2) is 22.5 Å². The first kappa shape index (κ1) is 15.5. The van der Waals surface area contributed by atoms with Gasteiger partial charge in [0.25, 0.3) is 0 Å². The number of phenols is 1. The second-order valence-corrected chi connectivity index (χ2v) is 7.16. The summed E-state index contributed by atoms with van der Waals surface area (Å²) in [5, 5.41) is 10.0. The lowest BCUT2D eigenvalue weighted by atomic mass is 9.97. The zero-order chi connectivity index (χ0) is 16.7. The van der Waals surface area contributed by atoms with Crippen molar-refractivity contribution >= 4 is 17.5 Å². The SMILES string of the molecule is O=C1C(Cc2ccc(O)cc2Cl)CCN1C1CCc2ccccc21. The number of benzene rings is 2. The highest BCUT2D eigenvalue weighted by Crippen LogP contribution is 2.39. The third-order valence-electron chi connectivity index (χ3n) is 5.33. The van der Waals surface area contributed by atoms with E-state index in [-0.39, 0.29) is 23.6 Å². The highest BCUT2D eigenvalue weighted by atomic mass is 35.5. The van der Waals surface area contributed by atoms with Crippen LogP contribution >= 0.6 is 11.6 Å². The Bertz CT molecular complexity index is 789. The molecule has 4 rings (SSSR count). The maximum atomic E-state index is 12.9. The summed E-state index contributed by atoms with van der Waals surface area (Å²) in [5.41, 5.74) is 3.62. The molecule has 1 saturated heterocycles. The molecule has 0 radical (unpaired) electrons. The summed E-state index contributed by atoms with van der Waals surface area (Å²) in [6.07, 6.45) is 3.59. The van der Waals surface area contributed by atoms with Crippen LogP contribution in [0.25, 0.3) is 0 Å². The fraction of sp³-hybridized carbons (Fsp3) is 0.350. The average Bonchev–Trinajstić information content (AvgIpc) is 3.14. The molecule has 1 N–H and O–H groups in total. The molecule has 2 aliphatic rings. The van der Waals surface area contributed by atoms with E-state index in [1.807, 2.05) is 6.07 Å². The van der Waals surface area contributed by atoms with Crippen molar-refractivity contribution in [1.29, 1.82) is 0 Å². The normalized spacial score (nSPS) is 22.9. The lowest BCUT2D eigenvalue weighted by Crippen LogP contribution is -2.31. The van der Waals surface area contributed by atoms with Gasteiger partial charge >= 0.3 is 0 Å². The summed E-state index contributed by atoms with van der Waals surface area (Å²) in [6.45, 7) is 0.818. The number of carbonyl (C=O) groups excluding carboxylic acids is 1. The Balaban J connectivity index is 1.51. The largest absolute Gasteiger partial charge is 0.508 e. The van der Waals surface area contributed by atoms with Gasteiger partial charge in [-0.2, -0.15) is 0 Å². The number of halogens is 1. The molecule has 24 heavy (non-hydrogen) atoms. The summed E-state index contributed by atoms with van der Waals surface area (Å²) < 4.78 is 0. The lowest BCUT2D eigenvalue weighted by molar-refractivity contribution is -0.133. The highest BCUT2D eigenvalue weighted by Gasteiger charge is 2.38. The maximum Gasteiger partial charge on any atom is 0.226 e. The number of likely N-dealkylation sites (tertiary alicyclic amines) is 1. The van der Waals surface area contributed by atoms with Crippen molar-refractivity contribution in [3.05, 3.63) is 64.2 Å². The van der Waals surface area contributed by atoms with Gasteiger partial charge in [0, 0.05) is 17.5 Å². The molecule has 1 fully saturated rings. The Morgan fingerprint density at radius 2 is 2.00 bits per heavy atom. The van der Waals surface area contributed by atoms with E-state index >= 15 is 0 Å². The Labute approximate surface area is 146 Å². The summed E-state index contributed by atoms with van der Waals surface area (Å²) in [4.78, 5) is 15.0. The van der Waals surface area contributed by atoms with Crippen LogP contribution in [0.1, 0.15) is 35.6 Å². The molecule has 3 nitrogen and oxygen atoms in total. The van der Waals surface area contributed by atoms with Gasteiger partial charge in [0.05, 0.1) is 6.04 Å². The standard InChI is InChI=1S/C20H20ClNO2/c21-18-12-16(23)7-5-14(18)11-15-9-10-22(20(15)24)19-8-6-13-3-1-2-4-17(13)19/h1-5,7,12,15,19,23H,6,8-11H2. The van der Waals surface area contributed by atoms with Crippen LogP contribution in [0, 0.1) is 5.92 Å². The van der Waals surface area contributed by atoms with Crippen LogP contribution in [0.15, 0.2) is 42.5 Å². The molecule has 2 unspecified atom stereocenters. The van der Waals surface area contributed by atoms with Gasteiger partial charge in [0.1, 0.15) is 5.75 Å². The van der Waals surface area contributed by atoms with E-state index in [1.165, 1.54) is 11.1 Å². The van der Waals surface area contributed by atoms with Gasteiger partial charge in [-0.25, -0.2) is 0 Å². The fourth-order valence-corrected chi connectivity index (χ4v) is 4.34. The quantitative estimate of drug-likeness (QED) is 0.912. The van der Waals surface area contributed by atoms with Crippen molar-refractivity contribution in [2.45, 2.75) is 31.7 Å². The van der Waals surface area contributed by atoms with E-state index in [0.29, 0.717) is 11.4 Å². The van der Waals surface area contributed by atoms with Crippen LogP contribution in [0.2, 0.25) is 5.02 Å². The first-order valence-electron chi connectivity index (χ1n) is 8.49. The fourth-order valence-electron chi connectivity index (χ4n) is 4.09. The van der Waals surface area contributed by atoms with Crippen LogP contribution in [0.4, 0.5) is 0 Å². The van der Waals surface area contributed by atoms with E-state index in [9.17, 15) is 9.90 Å². The first-order chi connectivity index (χ1) is 11.6. The number of amides is 1. The second-order valence-electron chi connectivity index (χ2n) is 6.75. The number of carbonyl (C=O) groups is 1.